The fourth-order valence-electron chi connectivity index (χ4n) is 2.55. The molecule has 1 aliphatic heterocycles. The minimum Gasteiger partial charge on any atom is -0.371 e. The Kier molecular flexibility index (Phi) is 3.83. The quantitative estimate of drug-likeness (QED) is 0.904. The first kappa shape index (κ1) is 13.9. The second-order valence-corrected chi connectivity index (χ2v) is 6.12. The highest BCUT2D eigenvalue weighted by Crippen LogP contribution is 2.30. The Morgan fingerprint density at radius 2 is 2.00 bits per heavy atom. The van der Waals surface area contributed by atoms with Crippen LogP contribution in [0, 0.1) is 5.92 Å². The molecule has 19 heavy (non-hydrogen) atoms. The number of primary amides is 1. The van der Waals surface area contributed by atoms with E-state index in [0.717, 1.165) is 25.9 Å². The number of anilines is 1. The van der Waals surface area contributed by atoms with Gasteiger partial charge in [-0.05, 0) is 36.0 Å². The summed E-state index contributed by atoms with van der Waals surface area (Å²) in [6.07, 6.45) is 2.00. The summed E-state index contributed by atoms with van der Waals surface area (Å²) in [6.45, 7) is 8.42. The predicted molar refractivity (Wildman–Crippen MR) is 79.3 cm³/mol. The molecule has 2 rings (SSSR count). The predicted octanol–water partition coefficient (Wildman–Crippen LogP) is 2.69. The van der Waals surface area contributed by atoms with E-state index in [2.05, 4.69) is 49.9 Å². The van der Waals surface area contributed by atoms with E-state index in [9.17, 15) is 4.79 Å². The fourth-order valence-corrected chi connectivity index (χ4v) is 2.55. The summed E-state index contributed by atoms with van der Waals surface area (Å²) >= 11 is 0. The molecule has 1 atom stereocenters. The molecular formula is C16H24N2O. The lowest BCUT2D eigenvalue weighted by molar-refractivity contribution is -0.121. The van der Waals surface area contributed by atoms with Crippen LogP contribution >= 0.6 is 0 Å². The van der Waals surface area contributed by atoms with Gasteiger partial charge in [-0.3, -0.25) is 4.79 Å². The van der Waals surface area contributed by atoms with Crippen LogP contribution in [-0.2, 0) is 10.2 Å². The smallest absolute Gasteiger partial charge is 0.222 e. The number of hydrogen-bond acceptors (Lipinski definition) is 2. The van der Waals surface area contributed by atoms with E-state index >= 15 is 0 Å². The minimum absolute atomic E-state index is 0.00626. The molecule has 1 aromatic carbocycles. The number of hydrogen-bond donors (Lipinski definition) is 1. The lowest BCUT2D eigenvalue weighted by atomic mass is 9.82. The van der Waals surface area contributed by atoms with E-state index in [1.54, 1.807) is 0 Å². The Labute approximate surface area is 115 Å². The highest BCUT2D eigenvalue weighted by atomic mass is 16.1. The molecular weight excluding hydrogens is 236 g/mol. The molecule has 3 nitrogen and oxygen atoms in total. The van der Waals surface area contributed by atoms with Gasteiger partial charge in [-0.25, -0.2) is 0 Å². The van der Waals surface area contributed by atoms with Gasteiger partial charge in [-0.1, -0.05) is 32.9 Å². The van der Waals surface area contributed by atoms with Crippen molar-refractivity contribution in [3.8, 4) is 0 Å². The standard InChI is InChI=1S/C16H24N2O/c1-4-16(2,3)13-5-7-14(8-6-13)18-10-9-12(11-18)15(17)19/h5-8,12H,4,9-11H2,1-3H3,(H2,17,19). The number of benzene rings is 1. The third-order valence-electron chi connectivity index (χ3n) is 4.49. The second-order valence-electron chi connectivity index (χ2n) is 6.12. The van der Waals surface area contributed by atoms with Crippen molar-refractivity contribution in [2.45, 2.75) is 39.0 Å². The van der Waals surface area contributed by atoms with Crippen LogP contribution in [-0.4, -0.2) is 19.0 Å². The van der Waals surface area contributed by atoms with E-state index in [1.807, 2.05) is 0 Å². The number of carbonyl (C=O) groups excluding carboxylic acids is 1. The topological polar surface area (TPSA) is 46.3 Å². The lowest BCUT2D eigenvalue weighted by Crippen LogP contribution is -2.27. The zero-order valence-electron chi connectivity index (χ0n) is 12.1. The molecule has 104 valence electrons. The monoisotopic (exact) mass is 260 g/mol. The average molecular weight is 260 g/mol. The maximum absolute atomic E-state index is 11.2. The summed E-state index contributed by atoms with van der Waals surface area (Å²) in [7, 11) is 0. The normalized spacial score (nSPS) is 19.7. The van der Waals surface area contributed by atoms with Crippen molar-refractivity contribution in [2.75, 3.05) is 18.0 Å². The number of nitrogens with zero attached hydrogens (tertiary/aromatic N) is 1. The Hall–Kier alpha value is -1.51. The van der Waals surface area contributed by atoms with Crippen molar-refractivity contribution < 1.29 is 4.79 Å². The molecule has 0 saturated carbocycles. The average Bonchev–Trinajstić information content (AvgIpc) is 2.88. The molecule has 1 heterocycles. The third-order valence-corrected chi connectivity index (χ3v) is 4.49. The highest BCUT2D eigenvalue weighted by molar-refractivity contribution is 5.78. The van der Waals surface area contributed by atoms with Crippen LogP contribution in [0.15, 0.2) is 24.3 Å². The molecule has 0 aliphatic carbocycles. The molecule has 3 heteroatoms. The molecule has 0 radical (unpaired) electrons. The molecule has 2 N–H and O–H groups in total. The summed E-state index contributed by atoms with van der Waals surface area (Å²) in [5.74, 6) is -0.169. The third kappa shape index (κ3) is 2.91. The number of nitrogens with two attached hydrogens (primary N) is 1. The van der Waals surface area contributed by atoms with Gasteiger partial charge < -0.3 is 10.6 Å². The maximum Gasteiger partial charge on any atom is 0.222 e. The van der Waals surface area contributed by atoms with Crippen LogP contribution < -0.4 is 10.6 Å². The molecule has 1 saturated heterocycles. The fraction of sp³-hybridized carbons (Fsp3) is 0.562. The van der Waals surface area contributed by atoms with Crippen molar-refractivity contribution >= 4 is 11.6 Å². The van der Waals surface area contributed by atoms with Crippen LogP contribution in [0.5, 0.6) is 0 Å². The number of carbonyl (C=O) groups is 1. The summed E-state index contributed by atoms with van der Waals surface area (Å²) in [4.78, 5) is 13.4. The molecule has 0 aromatic heterocycles. The van der Waals surface area contributed by atoms with Gasteiger partial charge in [0.2, 0.25) is 5.91 Å². The van der Waals surface area contributed by atoms with Crippen molar-refractivity contribution in [3.05, 3.63) is 29.8 Å². The largest absolute Gasteiger partial charge is 0.371 e. The molecule has 1 fully saturated rings. The van der Waals surface area contributed by atoms with Crippen molar-refractivity contribution in [1.29, 1.82) is 0 Å². The van der Waals surface area contributed by atoms with Crippen LogP contribution in [0.3, 0.4) is 0 Å². The van der Waals surface area contributed by atoms with Crippen molar-refractivity contribution in [2.24, 2.45) is 11.7 Å². The van der Waals surface area contributed by atoms with Crippen LogP contribution in [0.2, 0.25) is 0 Å². The van der Waals surface area contributed by atoms with E-state index in [4.69, 9.17) is 5.73 Å². The first-order valence-electron chi connectivity index (χ1n) is 7.09. The zero-order chi connectivity index (χ0) is 14.0. The molecule has 0 spiro atoms. The summed E-state index contributed by atoms with van der Waals surface area (Å²) in [6, 6.07) is 8.74. The summed E-state index contributed by atoms with van der Waals surface area (Å²) in [5, 5.41) is 0. The molecule has 0 bridgehead atoms. The van der Waals surface area contributed by atoms with E-state index in [-0.39, 0.29) is 17.2 Å². The zero-order valence-corrected chi connectivity index (χ0v) is 12.1. The van der Waals surface area contributed by atoms with Gasteiger partial charge in [0.1, 0.15) is 0 Å². The van der Waals surface area contributed by atoms with Crippen LogP contribution in [0.1, 0.15) is 39.2 Å². The van der Waals surface area contributed by atoms with Gasteiger partial charge in [0, 0.05) is 18.8 Å². The second kappa shape index (κ2) is 5.24. The van der Waals surface area contributed by atoms with E-state index < -0.39 is 0 Å². The van der Waals surface area contributed by atoms with Crippen LogP contribution in [0.25, 0.3) is 0 Å². The van der Waals surface area contributed by atoms with Crippen molar-refractivity contribution in [3.63, 3.8) is 0 Å². The maximum atomic E-state index is 11.2. The van der Waals surface area contributed by atoms with Gasteiger partial charge >= 0.3 is 0 Å². The molecule has 1 aliphatic rings. The van der Waals surface area contributed by atoms with E-state index in [1.165, 1.54) is 11.3 Å². The molecule has 1 aromatic rings. The lowest BCUT2D eigenvalue weighted by Gasteiger charge is -2.25. The molecule has 1 unspecified atom stereocenters. The van der Waals surface area contributed by atoms with Gasteiger partial charge in [0.15, 0.2) is 0 Å². The first-order valence-corrected chi connectivity index (χ1v) is 7.09. The number of rotatable bonds is 4. The Bertz CT molecular complexity index is 450. The molecule has 1 amide bonds. The van der Waals surface area contributed by atoms with Gasteiger partial charge in [0.05, 0.1) is 5.92 Å². The van der Waals surface area contributed by atoms with Crippen molar-refractivity contribution in [1.82, 2.24) is 0 Å². The Morgan fingerprint density at radius 1 is 1.37 bits per heavy atom. The van der Waals surface area contributed by atoms with Crippen LogP contribution in [0.4, 0.5) is 5.69 Å². The van der Waals surface area contributed by atoms with Gasteiger partial charge in [-0.15, -0.1) is 0 Å². The summed E-state index contributed by atoms with van der Waals surface area (Å²) in [5.41, 5.74) is 8.15. The van der Waals surface area contributed by atoms with Gasteiger partial charge in [-0.2, -0.15) is 0 Å². The highest BCUT2D eigenvalue weighted by Gasteiger charge is 2.27. The number of amides is 1. The minimum atomic E-state index is -0.175. The van der Waals surface area contributed by atoms with E-state index in [0.29, 0.717) is 0 Å². The first-order chi connectivity index (χ1) is 8.94. The van der Waals surface area contributed by atoms with Gasteiger partial charge in [0.25, 0.3) is 0 Å². The summed E-state index contributed by atoms with van der Waals surface area (Å²) < 4.78 is 0. The Balaban J connectivity index is 2.10. The SMILES string of the molecule is CCC(C)(C)c1ccc(N2CCC(C(N)=O)C2)cc1. The Morgan fingerprint density at radius 3 is 2.47 bits per heavy atom.